The number of nitriles is 1. The van der Waals surface area contributed by atoms with E-state index in [2.05, 4.69) is 4.18 Å². The van der Waals surface area contributed by atoms with Crippen molar-refractivity contribution in [2.45, 2.75) is 5.51 Å². The van der Waals surface area contributed by atoms with E-state index in [1.54, 1.807) is 0 Å². The van der Waals surface area contributed by atoms with Crippen molar-refractivity contribution in [3.8, 4) is 17.5 Å². The maximum Gasteiger partial charge on any atom is 0.534 e. The number of fused-ring (bicyclic) bond motifs is 1. The molecule has 0 aliphatic rings. The molecule has 1 heterocycles. The minimum absolute atomic E-state index is 0.00762. The number of hydrogen-bond donors (Lipinski definition) is 1. The Balaban J connectivity index is 2.16. The molecule has 0 saturated carbocycles. The van der Waals surface area contributed by atoms with Crippen LogP contribution in [0.4, 0.5) is 13.2 Å². The van der Waals surface area contributed by atoms with Gasteiger partial charge in [-0.15, -0.1) is 0 Å². The molecule has 0 amide bonds. The van der Waals surface area contributed by atoms with Gasteiger partial charge in [0.1, 0.15) is 6.07 Å². The van der Waals surface area contributed by atoms with Gasteiger partial charge in [-0.25, -0.2) is 4.79 Å². The highest BCUT2D eigenvalue weighted by molar-refractivity contribution is 7.88. The van der Waals surface area contributed by atoms with Crippen molar-refractivity contribution in [1.29, 1.82) is 5.26 Å². The summed E-state index contributed by atoms with van der Waals surface area (Å²) in [5, 5.41) is 17.9. The van der Waals surface area contributed by atoms with Crippen molar-refractivity contribution in [2.75, 3.05) is 0 Å². The standard InChI is InChI=1S/C17H8ClF3N2O5S/c18-13-6-14-12(5-15(13)28-29(26,27)17(19,20)21)10(7-22)8-23(14)11-3-1-9(2-4-11)16(24)25/h1-6,8H,(H,24,25). The fourth-order valence-electron chi connectivity index (χ4n) is 2.52. The monoisotopic (exact) mass is 444 g/mol. The van der Waals surface area contributed by atoms with Crippen molar-refractivity contribution < 1.29 is 35.7 Å². The second kappa shape index (κ2) is 6.98. The summed E-state index contributed by atoms with van der Waals surface area (Å²) >= 11 is 5.91. The highest BCUT2D eigenvalue weighted by Crippen LogP contribution is 2.37. The molecule has 1 aromatic heterocycles. The molecule has 0 aliphatic carbocycles. The third-order valence-electron chi connectivity index (χ3n) is 3.85. The van der Waals surface area contributed by atoms with Crippen LogP contribution < -0.4 is 4.18 Å². The quantitative estimate of drug-likeness (QED) is 0.479. The van der Waals surface area contributed by atoms with E-state index in [4.69, 9.17) is 16.7 Å². The largest absolute Gasteiger partial charge is 0.534 e. The number of hydrogen-bond acceptors (Lipinski definition) is 5. The van der Waals surface area contributed by atoms with Crippen LogP contribution in [0.5, 0.6) is 5.75 Å². The normalized spacial score (nSPS) is 12.0. The SMILES string of the molecule is N#Cc1cn(-c2ccc(C(=O)O)cc2)c2cc(Cl)c(OS(=O)(=O)C(F)(F)F)cc12. The molecule has 1 N–H and O–H groups in total. The number of carboxylic acids is 1. The molecule has 7 nitrogen and oxygen atoms in total. The zero-order valence-electron chi connectivity index (χ0n) is 13.9. The van der Waals surface area contributed by atoms with Crippen LogP contribution in [0.1, 0.15) is 15.9 Å². The van der Waals surface area contributed by atoms with Crippen LogP contribution in [0, 0.1) is 11.3 Å². The first-order valence-electron chi connectivity index (χ1n) is 7.54. The lowest BCUT2D eigenvalue weighted by molar-refractivity contribution is -0.0500. The molecular formula is C17H8ClF3N2O5S. The van der Waals surface area contributed by atoms with Crippen LogP contribution >= 0.6 is 11.6 Å². The maximum absolute atomic E-state index is 12.6. The lowest BCUT2D eigenvalue weighted by Crippen LogP contribution is -2.28. The Hall–Kier alpha value is -3.23. The Bertz CT molecular complexity index is 1280. The Labute approximate surface area is 166 Å². The van der Waals surface area contributed by atoms with Crippen molar-refractivity contribution in [2.24, 2.45) is 0 Å². The van der Waals surface area contributed by atoms with Gasteiger partial charge < -0.3 is 13.9 Å². The average molecular weight is 445 g/mol. The molecule has 0 fully saturated rings. The van der Waals surface area contributed by atoms with Gasteiger partial charge in [0.25, 0.3) is 0 Å². The number of carbonyl (C=O) groups is 1. The minimum Gasteiger partial charge on any atom is -0.478 e. The number of nitrogens with zero attached hydrogens (tertiary/aromatic N) is 2. The zero-order valence-corrected chi connectivity index (χ0v) is 15.5. The molecule has 2 aromatic carbocycles. The van der Waals surface area contributed by atoms with Gasteiger partial charge in [-0.1, -0.05) is 11.6 Å². The molecular weight excluding hydrogens is 437 g/mol. The fraction of sp³-hybridized carbons (Fsp3) is 0.0588. The van der Waals surface area contributed by atoms with Gasteiger partial charge in [-0.3, -0.25) is 0 Å². The molecule has 0 saturated heterocycles. The molecule has 150 valence electrons. The Morgan fingerprint density at radius 1 is 1.21 bits per heavy atom. The van der Waals surface area contributed by atoms with E-state index in [-0.39, 0.29) is 22.0 Å². The highest BCUT2D eigenvalue weighted by atomic mass is 35.5. The molecule has 0 bridgehead atoms. The van der Waals surface area contributed by atoms with Gasteiger partial charge in [0, 0.05) is 17.3 Å². The predicted molar refractivity (Wildman–Crippen MR) is 95.6 cm³/mol. The predicted octanol–water partition coefficient (Wildman–Crippen LogP) is 4.08. The number of carboxylic acid groups (broad SMARTS) is 1. The van der Waals surface area contributed by atoms with Crippen molar-refractivity contribution in [1.82, 2.24) is 4.57 Å². The second-order valence-corrected chi connectivity index (χ2v) is 7.60. The summed E-state index contributed by atoms with van der Waals surface area (Å²) < 4.78 is 65.8. The highest BCUT2D eigenvalue weighted by Gasteiger charge is 2.48. The Kier molecular flexibility index (Phi) is 4.94. The summed E-state index contributed by atoms with van der Waals surface area (Å²) in [6.07, 6.45) is 1.35. The van der Waals surface area contributed by atoms with E-state index < -0.39 is 32.4 Å². The van der Waals surface area contributed by atoms with Crippen LogP contribution in [0.2, 0.25) is 5.02 Å². The van der Waals surface area contributed by atoms with Gasteiger partial charge in [-0.05, 0) is 36.4 Å². The van der Waals surface area contributed by atoms with Crippen LogP contribution in [0.3, 0.4) is 0 Å². The number of benzene rings is 2. The van der Waals surface area contributed by atoms with E-state index in [1.165, 1.54) is 35.0 Å². The number of aromatic carboxylic acids is 1. The van der Waals surface area contributed by atoms with Crippen LogP contribution in [0.15, 0.2) is 42.6 Å². The van der Waals surface area contributed by atoms with Crippen LogP contribution in [-0.2, 0) is 10.1 Å². The minimum atomic E-state index is -5.95. The van der Waals surface area contributed by atoms with Crippen LogP contribution in [0.25, 0.3) is 16.6 Å². The van der Waals surface area contributed by atoms with Gasteiger partial charge in [0.2, 0.25) is 0 Å². The fourth-order valence-corrected chi connectivity index (χ4v) is 3.23. The van der Waals surface area contributed by atoms with Gasteiger partial charge in [0.15, 0.2) is 5.75 Å². The molecule has 0 spiro atoms. The topological polar surface area (TPSA) is 109 Å². The molecule has 0 unspecified atom stereocenters. The van der Waals surface area contributed by atoms with Gasteiger partial charge in [0.05, 0.1) is 21.7 Å². The number of aromatic nitrogens is 1. The second-order valence-electron chi connectivity index (χ2n) is 5.66. The third-order valence-corrected chi connectivity index (χ3v) is 5.12. The molecule has 3 aromatic rings. The van der Waals surface area contributed by atoms with Gasteiger partial charge >= 0.3 is 21.6 Å². The average Bonchev–Trinajstić information content (AvgIpc) is 2.98. The van der Waals surface area contributed by atoms with E-state index in [0.717, 1.165) is 12.1 Å². The van der Waals surface area contributed by atoms with Crippen molar-refractivity contribution >= 4 is 38.6 Å². The molecule has 12 heteroatoms. The first-order chi connectivity index (χ1) is 13.4. The summed E-state index contributed by atoms with van der Waals surface area (Å²) in [7, 11) is -5.95. The lowest BCUT2D eigenvalue weighted by atomic mass is 10.2. The van der Waals surface area contributed by atoms with E-state index in [1.807, 2.05) is 6.07 Å². The molecule has 0 aliphatic heterocycles. The summed E-state index contributed by atoms with van der Waals surface area (Å²) in [5.41, 5.74) is -4.91. The first kappa shape index (κ1) is 20.5. The number of halogens is 4. The van der Waals surface area contributed by atoms with E-state index >= 15 is 0 Å². The molecule has 3 rings (SSSR count). The van der Waals surface area contributed by atoms with Gasteiger partial charge in [-0.2, -0.15) is 26.9 Å². The number of alkyl halides is 3. The molecule has 29 heavy (non-hydrogen) atoms. The third kappa shape index (κ3) is 3.72. The summed E-state index contributed by atoms with van der Waals surface area (Å²) in [6.45, 7) is 0. The summed E-state index contributed by atoms with van der Waals surface area (Å²) in [5.74, 6) is -1.92. The van der Waals surface area contributed by atoms with Crippen molar-refractivity contribution in [3.63, 3.8) is 0 Å². The molecule has 0 radical (unpaired) electrons. The first-order valence-corrected chi connectivity index (χ1v) is 9.32. The lowest BCUT2D eigenvalue weighted by Gasteiger charge is -2.11. The Morgan fingerprint density at radius 3 is 2.34 bits per heavy atom. The van der Waals surface area contributed by atoms with E-state index in [0.29, 0.717) is 5.69 Å². The molecule has 0 atom stereocenters. The number of rotatable bonds is 4. The zero-order chi connectivity index (χ0) is 21.6. The summed E-state index contributed by atoms with van der Waals surface area (Å²) in [4.78, 5) is 11.0. The van der Waals surface area contributed by atoms with Crippen molar-refractivity contribution in [3.05, 3.63) is 58.7 Å². The van der Waals surface area contributed by atoms with E-state index in [9.17, 15) is 31.6 Å². The maximum atomic E-state index is 12.6. The summed E-state index contributed by atoms with van der Waals surface area (Å²) in [6, 6.07) is 9.46. The Morgan fingerprint density at radius 2 is 1.83 bits per heavy atom. The smallest absolute Gasteiger partial charge is 0.478 e. The van der Waals surface area contributed by atoms with Crippen LogP contribution in [-0.4, -0.2) is 29.6 Å².